The lowest BCUT2D eigenvalue weighted by Crippen LogP contribution is -2.10. The number of hydrogen-bond donors (Lipinski definition) is 1. The molecular formula is C11H14ClN3O2. The van der Waals surface area contributed by atoms with E-state index < -0.39 is 4.92 Å². The Bertz CT molecular complexity index is 462. The van der Waals surface area contributed by atoms with Crippen molar-refractivity contribution in [2.24, 2.45) is 11.3 Å². The number of nitrogens with one attached hydrogen (secondary N) is 1. The highest BCUT2D eigenvalue weighted by Crippen LogP contribution is 2.51. The van der Waals surface area contributed by atoms with Crippen LogP contribution in [-0.4, -0.2) is 16.5 Å². The fourth-order valence-electron chi connectivity index (χ4n) is 1.85. The number of halogens is 1. The summed E-state index contributed by atoms with van der Waals surface area (Å²) in [6.45, 7) is 5.06. The van der Waals surface area contributed by atoms with E-state index in [0.717, 1.165) is 6.42 Å². The van der Waals surface area contributed by atoms with Gasteiger partial charge in [0.2, 0.25) is 5.82 Å². The summed E-state index contributed by atoms with van der Waals surface area (Å²) in [6, 6.07) is 2.79. The summed E-state index contributed by atoms with van der Waals surface area (Å²) in [6.07, 6.45) is 1.13. The average Bonchev–Trinajstić information content (AvgIpc) is 2.83. The quantitative estimate of drug-likeness (QED) is 0.510. The number of pyridine rings is 1. The second kappa shape index (κ2) is 4.14. The number of aromatic nitrogens is 1. The number of nitro groups is 1. The molecule has 17 heavy (non-hydrogen) atoms. The van der Waals surface area contributed by atoms with Crippen LogP contribution in [-0.2, 0) is 0 Å². The molecule has 1 N–H and O–H groups in total. The van der Waals surface area contributed by atoms with Crippen LogP contribution >= 0.6 is 11.6 Å². The summed E-state index contributed by atoms with van der Waals surface area (Å²) in [5, 5.41) is 14.1. The van der Waals surface area contributed by atoms with Crippen molar-refractivity contribution in [3.05, 3.63) is 27.4 Å². The van der Waals surface area contributed by atoms with Crippen LogP contribution in [0.4, 0.5) is 11.5 Å². The van der Waals surface area contributed by atoms with Gasteiger partial charge in [0.25, 0.3) is 0 Å². The molecule has 1 aliphatic carbocycles. The Kier molecular flexibility index (Phi) is 2.95. The van der Waals surface area contributed by atoms with Gasteiger partial charge in [0.1, 0.15) is 5.15 Å². The summed E-state index contributed by atoms with van der Waals surface area (Å²) < 4.78 is 0. The van der Waals surface area contributed by atoms with E-state index >= 15 is 0 Å². The average molecular weight is 256 g/mol. The van der Waals surface area contributed by atoms with Crippen LogP contribution < -0.4 is 5.32 Å². The zero-order valence-corrected chi connectivity index (χ0v) is 10.5. The van der Waals surface area contributed by atoms with E-state index in [4.69, 9.17) is 11.6 Å². The molecule has 1 heterocycles. The van der Waals surface area contributed by atoms with Crippen LogP contribution in [0.25, 0.3) is 0 Å². The normalized spacial score (nSPS) is 21.0. The molecule has 92 valence electrons. The topological polar surface area (TPSA) is 68.1 Å². The molecule has 1 fully saturated rings. The predicted octanol–water partition coefficient (Wildman–Crippen LogP) is 3.10. The van der Waals surface area contributed by atoms with E-state index in [1.54, 1.807) is 0 Å². The van der Waals surface area contributed by atoms with Crippen molar-refractivity contribution in [2.75, 3.05) is 11.9 Å². The van der Waals surface area contributed by atoms with E-state index in [2.05, 4.69) is 24.1 Å². The maximum absolute atomic E-state index is 10.8. The molecule has 2 rings (SSSR count). The summed E-state index contributed by atoms with van der Waals surface area (Å²) in [7, 11) is 0. The molecule has 0 aliphatic heterocycles. The molecule has 1 aromatic heterocycles. The van der Waals surface area contributed by atoms with Crippen molar-refractivity contribution < 1.29 is 4.92 Å². The van der Waals surface area contributed by atoms with Gasteiger partial charge < -0.3 is 5.32 Å². The monoisotopic (exact) mass is 255 g/mol. The minimum absolute atomic E-state index is 0.0344. The molecule has 1 aliphatic rings. The number of nitrogens with zero attached hydrogens (tertiary/aromatic N) is 2. The molecule has 1 unspecified atom stereocenters. The summed E-state index contributed by atoms with van der Waals surface area (Å²) >= 11 is 5.73. The molecule has 5 nitrogen and oxygen atoms in total. The smallest absolute Gasteiger partial charge is 0.311 e. The summed E-state index contributed by atoms with van der Waals surface area (Å²) in [5.41, 5.74) is 0.299. The van der Waals surface area contributed by atoms with E-state index in [9.17, 15) is 10.1 Å². The molecule has 1 atom stereocenters. The Labute approximate surface area is 104 Å². The van der Waals surface area contributed by atoms with Crippen LogP contribution in [0.5, 0.6) is 0 Å². The van der Waals surface area contributed by atoms with E-state index in [0.29, 0.717) is 17.9 Å². The molecule has 0 spiro atoms. The van der Waals surface area contributed by atoms with Gasteiger partial charge in [-0.2, -0.15) is 0 Å². The van der Waals surface area contributed by atoms with E-state index in [-0.39, 0.29) is 16.7 Å². The lowest BCUT2D eigenvalue weighted by Gasteiger charge is -2.07. The van der Waals surface area contributed by atoms with Gasteiger partial charge in [-0.05, 0) is 23.8 Å². The van der Waals surface area contributed by atoms with Crippen LogP contribution in [0.15, 0.2) is 12.1 Å². The fourth-order valence-corrected chi connectivity index (χ4v) is 2.00. The van der Waals surface area contributed by atoms with Crippen molar-refractivity contribution in [3.8, 4) is 0 Å². The lowest BCUT2D eigenvalue weighted by atomic mass is 10.1. The highest BCUT2D eigenvalue weighted by Gasteiger charge is 2.45. The Morgan fingerprint density at radius 2 is 2.29 bits per heavy atom. The van der Waals surface area contributed by atoms with Crippen LogP contribution in [0.2, 0.25) is 5.15 Å². The van der Waals surface area contributed by atoms with Crippen molar-refractivity contribution >= 4 is 23.1 Å². The Morgan fingerprint density at radius 1 is 1.65 bits per heavy atom. The lowest BCUT2D eigenvalue weighted by molar-refractivity contribution is -0.384. The van der Waals surface area contributed by atoms with Gasteiger partial charge in [-0.15, -0.1) is 0 Å². The Hall–Kier alpha value is -1.36. The SMILES string of the molecule is CC1(C)CC1CNc1nc(Cl)ccc1[N+](=O)[O-]. The van der Waals surface area contributed by atoms with Gasteiger partial charge in [0.15, 0.2) is 0 Å². The van der Waals surface area contributed by atoms with Crippen LogP contribution in [0.1, 0.15) is 20.3 Å². The third-order valence-electron chi connectivity index (χ3n) is 3.27. The minimum Gasteiger partial charge on any atom is -0.364 e. The molecule has 0 radical (unpaired) electrons. The predicted molar refractivity (Wildman–Crippen MR) is 66.3 cm³/mol. The number of hydrogen-bond acceptors (Lipinski definition) is 4. The Morgan fingerprint density at radius 3 is 2.82 bits per heavy atom. The van der Waals surface area contributed by atoms with E-state index in [1.807, 2.05) is 0 Å². The fraction of sp³-hybridized carbons (Fsp3) is 0.545. The van der Waals surface area contributed by atoms with Crippen molar-refractivity contribution in [1.82, 2.24) is 4.98 Å². The zero-order valence-electron chi connectivity index (χ0n) is 9.74. The standard InChI is InChI=1S/C11H14ClN3O2/c1-11(2)5-7(11)6-13-10-8(15(16)17)3-4-9(12)14-10/h3-4,7H,5-6H2,1-2H3,(H,13,14). The first-order valence-electron chi connectivity index (χ1n) is 5.45. The number of anilines is 1. The second-order valence-electron chi connectivity index (χ2n) is 5.03. The molecule has 1 aromatic rings. The molecule has 0 amide bonds. The first kappa shape index (κ1) is 12.1. The largest absolute Gasteiger partial charge is 0.364 e. The zero-order chi connectivity index (χ0) is 12.6. The van der Waals surface area contributed by atoms with Crippen molar-refractivity contribution in [2.45, 2.75) is 20.3 Å². The first-order valence-corrected chi connectivity index (χ1v) is 5.83. The third kappa shape index (κ3) is 2.66. The van der Waals surface area contributed by atoms with Gasteiger partial charge in [-0.25, -0.2) is 4.98 Å². The van der Waals surface area contributed by atoms with Crippen molar-refractivity contribution in [3.63, 3.8) is 0 Å². The van der Waals surface area contributed by atoms with Crippen LogP contribution in [0.3, 0.4) is 0 Å². The third-order valence-corrected chi connectivity index (χ3v) is 3.48. The molecule has 0 bridgehead atoms. The highest BCUT2D eigenvalue weighted by atomic mass is 35.5. The molecular weight excluding hydrogens is 242 g/mol. The number of rotatable bonds is 4. The van der Waals surface area contributed by atoms with Gasteiger partial charge in [-0.3, -0.25) is 10.1 Å². The van der Waals surface area contributed by atoms with E-state index in [1.165, 1.54) is 12.1 Å². The molecule has 0 saturated heterocycles. The van der Waals surface area contributed by atoms with Gasteiger partial charge in [-0.1, -0.05) is 25.4 Å². The van der Waals surface area contributed by atoms with Gasteiger partial charge in [0, 0.05) is 12.6 Å². The van der Waals surface area contributed by atoms with Crippen LogP contribution in [0, 0.1) is 21.4 Å². The molecule has 1 saturated carbocycles. The summed E-state index contributed by atoms with van der Waals surface area (Å²) in [4.78, 5) is 14.3. The Balaban J connectivity index is 2.09. The minimum atomic E-state index is -0.455. The maximum Gasteiger partial charge on any atom is 0.311 e. The van der Waals surface area contributed by atoms with Crippen molar-refractivity contribution in [1.29, 1.82) is 0 Å². The van der Waals surface area contributed by atoms with Gasteiger partial charge >= 0.3 is 5.69 Å². The maximum atomic E-state index is 10.8. The summed E-state index contributed by atoms with van der Waals surface area (Å²) in [5.74, 6) is 0.799. The second-order valence-corrected chi connectivity index (χ2v) is 5.42. The first-order chi connectivity index (χ1) is 7.90. The highest BCUT2D eigenvalue weighted by molar-refractivity contribution is 6.29. The molecule has 0 aromatic carbocycles. The molecule has 6 heteroatoms. The van der Waals surface area contributed by atoms with Gasteiger partial charge in [0.05, 0.1) is 4.92 Å².